The van der Waals surface area contributed by atoms with Crippen molar-refractivity contribution in [2.45, 2.75) is 44.7 Å². The summed E-state index contributed by atoms with van der Waals surface area (Å²) >= 11 is 0. The number of fused-ring (bicyclic) bond motifs is 1. The molecule has 1 unspecified atom stereocenters. The monoisotopic (exact) mass is 528 g/mol. The maximum absolute atomic E-state index is 14.0. The number of ether oxygens (including phenoxy) is 1. The fourth-order valence-corrected chi connectivity index (χ4v) is 5.19. The van der Waals surface area contributed by atoms with Crippen LogP contribution in [0, 0.1) is 17.6 Å². The van der Waals surface area contributed by atoms with E-state index in [1.807, 2.05) is 0 Å². The van der Waals surface area contributed by atoms with Crippen LogP contribution in [0.2, 0.25) is 0 Å². The lowest BCUT2D eigenvalue weighted by molar-refractivity contribution is -0.135. The van der Waals surface area contributed by atoms with Crippen molar-refractivity contribution in [3.05, 3.63) is 35.5 Å². The van der Waals surface area contributed by atoms with Crippen molar-refractivity contribution in [2.24, 2.45) is 11.7 Å². The molecule has 0 bridgehead atoms. The van der Waals surface area contributed by atoms with E-state index in [4.69, 9.17) is 15.6 Å². The molecule has 2 fully saturated rings. The lowest BCUT2D eigenvalue weighted by atomic mass is 9.83. The predicted octanol–water partition coefficient (Wildman–Crippen LogP) is 2.54. The van der Waals surface area contributed by atoms with Gasteiger partial charge in [-0.25, -0.2) is 8.78 Å². The highest BCUT2D eigenvalue weighted by molar-refractivity contribution is 5.99. The molecule has 2 heterocycles. The molecule has 1 aliphatic carbocycles. The summed E-state index contributed by atoms with van der Waals surface area (Å²) in [6.45, 7) is 1.95. The molecule has 8 nitrogen and oxygen atoms in total. The molecule has 0 spiro atoms. The van der Waals surface area contributed by atoms with Crippen LogP contribution in [0.25, 0.3) is 10.9 Å². The van der Waals surface area contributed by atoms with E-state index >= 15 is 0 Å². The van der Waals surface area contributed by atoms with Crippen LogP contribution < -0.4 is 5.73 Å². The first-order valence-electron chi connectivity index (χ1n) is 12.4. The summed E-state index contributed by atoms with van der Waals surface area (Å²) in [6, 6.07) is 3.22. The fraction of sp³-hybridized carbons (Fsp3) is 0.600. The first-order valence-corrected chi connectivity index (χ1v) is 12.4. The van der Waals surface area contributed by atoms with Gasteiger partial charge >= 0.3 is 0 Å². The lowest BCUT2D eigenvalue weighted by Gasteiger charge is -2.37. The van der Waals surface area contributed by atoms with Crippen LogP contribution in [0.15, 0.2) is 18.2 Å². The summed E-state index contributed by atoms with van der Waals surface area (Å²) in [4.78, 5) is 29.8. The second-order valence-corrected chi connectivity index (χ2v) is 9.38. The number of aromatic nitrogens is 1. The maximum atomic E-state index is 14.0. The molecule has 36 heavy (non-hydrogen) atoms. The summed E-state index contributed by atoms with van der Waals surface area (Å²) in [5.41, 5.74) is 7.00. The Morgan fingerprint density at radius 2 is 1.64 bits per heavy atom. The van der Waals surface area contributed by atoms with Crippen LogP contribution in [0.5, 0.6) is 0 Å². The van der Waals surface area contributed by atoms with Crippen molar-refractivity contribution in [3.63, 3.8) is 0 Å². The Kier molecular flexibility index (Phi) is 10.1. The first kappa shape index (κ1) is 28.3. The van der Waals surface area contributed by atoms with Gasteiger partial charge in [-0.3, -0.25) is 9.59 Å². The third-order valence-electron chi connectivity index (χ3n) is 7.18. The summed E-state index contributed by atoms with van der Waals surface area (Å²) in [6.07, 6.45) is 5.39. The Bertz CT molecular complexity index is 1050. The molecule has 0 radical (unpaired) electrons. The van der Waals surface area contributed by atoms with E-state index < -0.39 is 17.7 Å². The van der Waals surface area contributed by atoms with Crippen LogP contribution in [0.4, 0.5) is 8.78 Å². The number of hydrogen-bond donors (Lipinski definition) is 2. The number of carbonyl (C=O) groups excluding carboxylic acids is 2. The molecule has 200 valence electrons. The topological polar surface area (TPSA) is 101 Å². The Balaban J connectivity index is 0.00000361. The van der Waals surface area contributed by atoms with Crippen LogP contribution in [-0.4, -0.2) is 83.3 Å². The molecule has 2 aliphatic rings. The van der Waals surface area contributed by atoms with Crippen molar-refractivity contribution < 1.29 is 28.2 Å². The van der Waals surface area contributed by atoms with Crippen LogP contribution >= 0.6 is 12.4 Å². The predicted molar refractivity (Wildman–Crippen MR) is 134 cm³/mol. The van der Waals surface area contributed by atoms with E-state index in [0.717, 1.165) is 37.8 Å². The molecule has 3 N–H and O–H groups in total. The Labute approximate surface area is 215 Å². The third kappa shape index (κ3) is 6.16. The highest BCUT2D eigenvalue weighted by atomic mass is 35.5. The highest BCUT2D eigenvalue weighted by Gasteiger charge is 2.33. The van der Waals surface area contributed by atoms with E-state index in [0.29, 0.717) is 42.8 Å². The lowest BCUT2D eigenvalue weighted by Crippen LogP contribution is -2.56. The van der Waals surface area contributed by atoms with E-state index in [9.17, 15) is 18.4 Å². The summed E-state index contributed by atoms with van der Waals surface area (Å²) in [7, 11) is 0. The number of rotatable bonds is 8. The van der Waals surface area contributed by atoms with Gasteiger partial charge in [-0.2, -0.15) is 0 Å². The van der Waals surface area contributed by atoms with Gasteiger partial charge < -0.3 is 29.9 Å². The van der Waals surface area contributed by atoms with Crippen molar-refractivity contribution in [2.75, 3.05) is 46.0 Å². The summed E-state index contributed by atoms with van der Waals surface area (Å²) in [5.74, 6) is -2.07. The average Bonchev–Trinajstić information content (AvgIpc) is 3.23. The van der Waals surface area contributed by atoms with Crippen molar-refractivity contribution in [1.82, 2.24) is 14.4 Å². The smallest absolute Gasteiger partial charge is 0.270 e. The minimum absolute atomic E-state index is 0. The van der Waals surface area contributed by atoms with Gasteiger partial charge in [-0.1, -0.05) is 19.3 Å². The molecule has 4 rings (SSSR count). The number of amides is 2. The second-order valence-electron chi connectivity index (χ2n) is 9.38. The molecule has 1 saturated carbocycles. The molecule has 1 aromatic heterocycles. The Morgan fingerprint density at radius 3 is 2.31 bits per heavy atom. The van der Waals surface area contributed by atoms with Gasteiger partial charge in [0.05, 0.1) is 31.4 Å². The van der Waals surface area contributed by atoms with Crippen LogP contribution in [0.3, 0.4) is 0 Å². The van der Waals surface area contributed by atoms with Gasteiger partial charge in [0, 0.05) is 44.2 Å². The summed E-state index contributed by atoms with van der Waals surface area (Å²) < 4.78 is 34.7. The summed E-state index contributed by atoms with van der Waals surface area (Å²) in [5, 5.41) is 9.34. The molecule has 1 aliphatic heterocycles. The molecule has 1 aromatic carbocycles. The third-order valence-corrected chi connectivity index (χ3v) is 7.18. The van der Waals surface area contributed by atoms with Crippen LogP contribution in [0.1, 0.15) is 42.6 Å². The quantitative estimate of drug-likeness (QED) is 0.513. The largest absolute Gasteiger partial charge is 0.394 e. The molecule has 1 atom stereocenters. The fourth-order valence-electron chi connectivity index (χ4n) is 5.19. The molecular weight excluding hydrogens is 494 g/mol. The zero-order valence-corrected chi connectivity index (χ0v) is 21.2. The van der Waals surface area contributed by atoms with E-state index in [1.54, 1.807) is 20.4 Å². The molecule has 2 aromatic rings. The SMILES string of the molecule is Cl.NC(C(=O)N1CCN(C(=O)c2cc3cc(F)c(F)cc3n2CCOCCO)CC1)C1CCCCC1. The highest BCUT2D eigenvalue weighted by Crippen LogP contribution is 2.27. The zero-order valence-electron chi connectivity index (χ0n) is 20.3. The first-order chi connectivity index (χ1) is 16.9. The number of aliphatic hydroxyl groups is 1. The molecule has 11 heteroatoms. The number of nitrogens with two attached hydrogens (primary N) is 1. The van der Waals surface area contributed by atoms with Gasteiger partial charge in [-0.15, -0.1) is 12.4 Å². The van der Waals surface area contributed by atoms with E-state index in [2.05, 4.69) is 0 Å². The number of benzene rings is 1. The number of carbonyl (C=O) groups is 2. The van der Waals surface area contributed by atoms with E-state index in [1.165, 1.54) is 6.42 Å². The Morgan fingerprint density at radius 1 is 1.00 bits per heavy atom. The van der Waals surface area contributed by atoms with E-state index in [-0.39, 0.29) is 56.5 Å². The van der Waals surface area contributed by atoms with Gasteiger partial charge in [0.2, 0.25) is 5.91 Å². The zero-order chi connectivity index (χ0) is 24.9. The normalized spacial score (nSPS) is 17.8. The van der Waals surface area contributed by atoms with Gasteiger partial charge in [-0.05, 0) is 30.9 Å². The van der Waals surface area contributed by atoms with Crippen LogP contribution in [-0.2, 0) is 16.1 Å². The average molecular weight is 529 g/mol. The van der Waals surface area contributed by atoms with Crippen molar-refractivity contribution in [1.29, 1.82) is 0 Å². The van der Waals surface area contributed by atoms with Crippen molar-refractivity contribution >= 4 is 35.1 Å². The van der Waals surface area contributed by atoms with Gasteiger partial charge in [0.15, 0.2) is 11.6 Å². The van der Waals surface area contributed by atoms with Crippen molar-refractivity contribution in [3.8, 4) is 0 Å². The maximum Gasteiger partial charge on any atom is 0.270 e. The molecular formula is C25H35ClF2N4O4. The van der Waals surface area contributed by atoms with Gasteiger partial charge in [0.25, 0.3) is 5.91 Å². The minimum Gasteiger partial charge on any atom is -0.394 e. The molecule has 2 amide bonds. The Hall–Kier alpha value is -2.27. The van der Waals surface area contributed by atoms with Gasteiger partial charge in [0.1, 0.15) is 5.69 Å². The standard InChI is InChI=1S/C25H34F2N4O4.ClH/c26-19-14-18-15-22(31(10-12-35-13-11-32)21(18)16-20(19)27)24(33)29-6-8-30(9-7-29)25(34)23(28)17-4-2-1-3-5-17;/h14-17,23,32H,1-13,28H2;1H. The second kappa shape index (κ2) is 12.8. The molecule has 1 saturated heterocycles. The minimum atomic E-state index is -0.992. The number of nitrogens with zero attached hydrogens (tertiary/aromatic N) is 3. The number of hydrogen-bond acceptors (Lipinski definition) is 5. The number of piperazine rings is 1. The number of halogens is 3. The number of aliphatic hydroxyl groups excluding tert-OH is 1.